The van der Waals surface area contributed by atoms with Gasteiger partial charge in [-0.25, -0.2) is 37.1 Å². The van der Waals surface area contributed by atoms with E-state index in [1.54, 1.807) is 4.90 Å². The molecule has 1 aliphatic heterocycles. The Morgan fingerprint density at radius 1 is 1.18 bits per heavy atom. The molecule has 1 saturated carbocycles. The minimum absolute atomic E-state index is 0.00965. The van der Waals surface area contributed by atoms with E-state index in [2.05, 4.69) is 31.5 Å². The minimum Gasteiger partial charge on any atom is -0.396 e. The van der Waals surface area contributed by atoms with Gasteiger partial charge in [-0.2, -0.15) is 4.98 Å². The summed E-state index contributed by atoms with van der Waals surface area (Å²) in [6.07, 6.45) is 8.67. The van der Waals surface area contributed by atoms with E-state index in [-0.39, 0.29) is 62.4 Å². The molecule has 1 aliphatic carbocycles. The van der Waals surface area contributed by atoms with E-state index in [1.165, 1.54) is 36.9 Å². The molecule has 0 bridgehead atoms. The number of pyridine rings is 2. The predicted octanol–water partition coefficient (Wildman–Crippen LogP) is 2.25. The number of piperazine rings is 1. The standard InChI is InChI=1S/C29H30FN9O4S/c1-4-22(40)37-10-11-38(16(2)14-37)27-18-12-19(30)24(25-20(31)13-32-15-34-25)35-28(18)39(29(41)36-27)26-21(44(3,42)43)8-9-33-23(26)17-6-5-7-17/h4,8-9,12-13,15-17H,1,5-7,10-11,14,31H2,2-3H3/t16-/m0/s1. The zero-order valence-corrected chi connectivity index (χ0v) is 25.0. The number of nitrogens with zero attached hydrogens (tertiary/aromatic N) is 8. The molecule has 0 unspecified atom stereocenters. The minimum atomic E-state index is -3.87. The van der Waals surface area contributed by atoms with E-state index in [4.69, 9.17) is 5.73 Å². The highest BCUT2D eigenvalue weighted by Crippen LogP contribution is 2.41. The van der Waals surface area contributed by atoms with E-state index >= 15 is 4.39 Å². The summed E-state index contributed by atoms with van der Waals surface area (Å²) in [5.41, 5.74) is 5.53. The van der Waals surface area contributed by atoms with Crippen LogP contribution >= 0.6 is 0 Å². The molecule has 1 saturated heterocycles. The summed E-state index contributed by atoms with van der Waals surface area (Å²) >= 11 is 0. The smallest absolute Gasteiger partial charge is 0.355 e. The highest BCUT2D eigenvalue weighted by atomic mass is 32.2. The van der Waals surface area contributed by atoms with Gasteiger partial charge in [0.1, 0.15) is 23.5 Å². The van der Waals surface area contributed by atoms with Gasteiger partial charge in [-0.1, -0.05) is 13.0 Å². The van der Waals surface area contributed by atoms with Crippen molar-refractivity contribution in [2.24, 2.45) is 0 Å². The van der Waals surface area contributed by atoms with Crippen LogP contribution in [0, 0.1) is 5.82 Å². The number of aromatic nitrogens is 6. The third-order valence-corrected chi connectivity index (χ3v) is 9.31. The molecule has 5 heterocycles. The van der Waals surface area contributed by atoms with E-state index in [0.29, 0.717) is 25.3 Å². The Labute approximate surface area is 252 Å². The molecule has 4 aromatic heterocycles. The fraction of sp³-hybridized carbons (Fsp3) is 0.345. The molecular weight excluding hydrogens is 589 g/mol. The van der Waals surface area contributed by atoms with Crippen molar-refractivity contribution in [1.29, 1.82) is 0 Å². The van der Waals surface area contributed by atoms with Gasteiger partial charge >= 0.3 is 5.69 Å². The summed E-state index contributed by atoms with van der Waals surface area (Å²) in [6.45, 7) is 6.34. The maximum Gasteiger partial charge on any atom is 0.355 e. The largest absolute Gasteiger partial charge is 0.396 e. The molecule has 0 radical (unpaired) electrons. The summed E-state index contributed by atoms with van der Waals surface area (Å²) in [6, 6.07) is 2.23. The van der Waals surface area contributed by atoms with E-state index in [1.807, 2.05) is 11.8 Å². The maximum atomic E-state index is 15.9. The number of carbonyl (C=O) groups is 1. The Kier molecular flexibility index (Phi) is 7.35. The number of nitrogens with two attached hydrogens (primary N) is 1. The van der Waals surface area contributed by atoms with Gasteiger partial charge in [-0.05, 0) is 38.0 Å². The van der Waals surface area contributed by atoms with Crippen LogP contribution in [-0.2, 0) is 14.6 Å². The van der Waals surface area contributed by atoms with Crippen LogP contribution in [0.5, 0.6) is 0 Å². The van der Waals surface area contributed by atoms with E-state index in [0.717, 1.165) is 30.1 Å². The summed E-state index contributed by atoms with van der Waals surface area (Å²) in [5.74, 6) is -0.930. The Balaban J connectivity index is 1.67. The van der Waals surface area contributed by atoms with E-state index < -0.39 is 21.3 Å². The molecule has 2 fully saturated rings. The van der Waals surface area contributed by atoms with Crippen LogP contribution in [0.15, 0.2) is 53.2 Å². The molecule has 6 rings (SSSR count). The number of carbonyl (C=O) groups excluding carboxylic acids is 1. The number of anilines is 2. The van der Waals surface area contributed by atoms with Crippen molar-refractivity contribution >= 4 is 38.3 Å². The fourth-order valence-electron chi connectivity index (χ4n) is 5.79. The van der Waals surface area contributed by atoms with Crippen LogP contribution in [0.4, 0.5) is 15.9 Å². The van der Waals surface area contributed by atoms with Gasteiger partial charge in [0.25, 0.3) is 0 Å². The summed E-state index contributed by atoms with van der Waals surface area (Å²) in [4.78, 5) is 51.2. The van der Waals surface area contributed by atoms with Gasteiger partial charge in [0, 0.05) is 44.0 Å². The predicted molar refractivity (Wildman–Crippen MR) is 162 cm³/mol. The van der Waals surface area contributed by atoms with Crippen LogP contribution in [0.3, 0.4) is 0 Å². The third-order valence-electron chi connectivity index (χ3n) is 8.18. The second-order valence-corrected chi connectivity index (χ2v) is 13.0. The van der Waals surface area contributed by atoms with E-state index in [9.17, 15) is 18.0 Å². The van der Waals surface area contributed by atoms with Gasteiger partial charge in [0.05, 0.1) is 33.5 Å². The molecule has 1 amide bonds. The van der Waals surface area contributed by atoms with Gasteiger partial charge in [-0.3, -0.25) is 9.78 Å². The zero-order chi connectivity index (χ0) is 31.3. The lowest BCUT2D eigenvalue weighted by Gasteiger charge is -2.40. The fourth-order valence-corrected chi connectivity index (χ4v) is 6.64. The first-order chi connectivity index (χ1) is 21.0. The highest BCUT2D eigenvalue weighted by molar-refractivity contribution is 7.90. The monoisotopic (exact) mass is 619 g/mol. The number of hydrogen-bond acceptors (Lipinski definition) is 11. The number of rotatable bonds is 6. The number of nitrogen functional groups attached to an aromatic ring is 1. The molecule has 13 nitrogen and oxygen atoms in total. The number of fused-ring (bicyclic) bond motifs is 1. The van der Waals surface area contributed by atoms with Crippen LogP contribution in [0.2, 0.25) is 0 Å². The maximum absolute atomic E-state index is 15.9. The van der Waals surface area contributed by atoms with Crippen LogP contribution in [0.1, 0.15) is 37.8 Å². The molecule has 44 heavy (non-hydrogen) atoms. The van der Waals surface area contributed by atoms with Crippen LogP contribution in [0.25, 0.3) is 28.1 Å². The molecule has 2 N–H and O–H groups in total. The lowest BCUT2D eigenvalue weighted by Crippen LogP contribution is -2.54. The van der Waals surface area contributed by atoms with Gasteiger partial charge in [0.2, 0.25) is 5.91 Å². The molecular formula is C29H30FN9O4S. The van der Waals surface area contributed by atoms with Crippen molar-refractivity contribution in [1.82, 2.24) is 34.4 Å². The quantitative estimate of drug-likeness (QED) is 0.314. The Hall–Kier alpha value is -4.79. The average molecular weight is 620 g/mol. The number of halogens is 1. The lowest BCUT2D eigenvalue weighted by molar-refractivity contribution is -0.126. The molecule has 2 aliphatic rings. The average Bonchev–Trinajstić information content (AvgIpc) is 2.95. The SMILES string of the molecule is C=CC(=O)N1CCN(c2nc(=O)n(-c3c(S(C)(=O)=O)ccnc3C3CCC3)c3nc(-c4ncncc4N)c(F)cc23)[C@@H](C)C1. The van der Waals surface area contributed by atoms with Crippen molar-refractivity contribution in [2.45, 2.75) is 43.0 Å². The molecule has 4 aromatic rings. The Bertz CT molecular complexity index is 2000. The van der Waals surface area contributed by atoms with Crippen molar-refractivity contribution in [3.63, 3.8) is 0 Å². The lowest BCUT2D eigenvalue weighted by atomic mass is 9.82. The zero-order valence-electron chi connectivity index (χ0n) is 24.1. The molecule has 1 atom stereocenters. The number of amides is 1. The topological polar surface area (TPSA) is 170 Å². The summed E-state index contributed by atoms with van der Waals surface area (Å²) in [5, 5.41) is 0.164. The Morgan fingerprint density at radius 3 is 2.59 bits per heavy atom. The third kappa shape index (κ3) is 4.96. The van der Waals surface area contributed by atoms with Crippen molar-refractivity contribution in [3.8, 4) is 17.1 Å². The van der Waals surface area contributed by atoms with Gasteiger partial charge < -0.3 is 15.5 Å². The molecule has 15 heteroatoms. The normalized spacial score (nSPS) is 17.5. The van der Waals surface area contributed by atoms with Gasteiger partial charge in [0.15, 0.2) is 21.3 Å². The highest BCUT2D eigenvalue weighted by Gasteiger charge is 2.33. The second kappa shape index (κ2) is 11.0. The number of hydrogen-bond donors (Lipinski definition) is 1. The summed E-state index contributed by atoms with van der Waals surface area (Å²) in [7, 11) is -3.87. The Morgan fingerprint density at radius 2 is 1.95 bits per heavy atom. The molecule has 228 valence electrons. The first kappa shape index (κ1) is 29.3. The van der Waals surface area contributed by atoms with Crippen LogP contribution < -0.4 is 16.3 Å². The molecule has 0 spiro atoms. The van der Waals surface area contributed by atoms with Crippen molar-refractivity contribution in [2.75, 3.05) is 36.5 Å². The van der Waals surface area contributed by atoms with Crippen molar-refractivity contribution < 1.29 is 17.6 Å². The number of sulfone groups is 1. The first-order valence-corrected chi connectivity index (χ1v) is 15.9. The van der Waals surface area contributed by atoms with Crippen molar-refractivity contribution in [3.05, 3.63) is 65.5 Å². The molecule has 0 aromatic carbocycles. The van der Waals surface area contributed by atoms with Gasteiger partial charge in [-0.15, -0.1) is 0 Å². The van der Waals surface area contributed by atoms with Crippen LogP contribution in [-0.4, -0.2) is 80.6 Å². The first-order valence-electron chi connectivity index (χ1n) is 14.1. The summed E-state index contributed by atoms with van der Waals surface area (Å²) < 4.78 is 43.2. The second-order valence-electron chi connectivity index (χ2n) is 11.0.